The van der Waals surface area contributed by atoms with E-state index in [0.29, 0.717) is 29.5 Å². The van der Waals surface area contributed by atoms with Gasteiger partial charge in [-0.15, -0.1) is 0 Å². The highest BCUT2D eigenvalue weighted by atomic mass is 16.7. The van der Waals surface area contributed by atoms with Crippen LogP contribution >= 0.6 is 0 Å². The van der Waals surface area contributed by atoms with Crippen molar-refractivity contribution in [2.24, 2.45) is 0 Å². The van der Waals surface area contributed by atoms with Crippen LogP contribution < -0.4 is 20.1 Å². The fourth-order valence-electron chi connectivity index (χ4n) is 2.39. The summed E-state index contributed by atoms with van der Waals surface area (Å²) in [7, 11) is 0. The van der Waals surface area contributed by atoms with Crippen LogP contribution in [0.25, 0.3) is 0 Å². The Balaban J connectivity index is 1.46. The first-order chi connectivity index (χ1) is 12.0. The van der Waals surface area contributed by atoms with Crippen molar-refractivity contribution >= 4 is 17.6 Å². The number of benzene rings is 1. The van der Waals surface area contributed by atoms with Gasteiger partial charge in [0, 0.05) is 12.5 Å². The van der Waals surface area contributed by atoms with Crippen molar-refractivity contribution in [3.8, 4) is 11.5 Å². The average Bonchev–Trinajstić information content (AvgIpc) is 3.21. The van der Waals surface area contributed by atoms with Crippen molar-refractivity contribution < 1.29 is 23.6 Å². The Hall–Kier alpha value is -3.03. The molecule has 1 aromatic heterocycles. The molecule has 2 aromatic rings. The molecule has 2 amide bonds. The van der Waals surface area contributed by atoms with Gasteiger partial charge in [0.15, 0.2) is 17.3 Å². The molecule has 1 unspecified atom stereocenters. The van der Waals surface area contributed by atoms with E-state index in [4.69, 9.17) is 14.0 Å². The van der Waals surface area contributed by atoms with Gasteiger partial charge in [-0.1, -0.05) is 11.2 Å². The number of ether oxygens (including phenoxy) is 2. The fraction of sp³-hybridized carbons (Fsp3) is 0.353. The van der Waals surface area contributed by atoms with E-state index in [-0.39, 0.29) is 25.0 Å². The fourth-order valence-corrected chi connectivity index (χ4v) is 2.39. The highest BCUT2D eigenvalue weighted by molar-refractivity contribution is 5.96. The Morgan fingerprint density at radius 3 is 2.80 bits per heavy atom. The van der Waals surface area contributed by atoms with E-state index in [2.05, 4.69) is 15.8 Å². The van der Waals surface area contributed by atoms with Crippen LogP contribution in [0, 0.1) is 6.92 Å². The van der Waals surface area contributed by atoms with Gasteiger partial charge in [0.2, 0.25) is 18.6 Å². The quantitative estimate of drug-likeness (QED) is 0.827. The average molecular weight is 345 g/mol. The minimum absolute atomic E-state index is 0.211. The van der Waals surface area contributed by atoms with Gasteiger partial charge in [-0.3, -0.25) is 9.59 Å². The lowest BCUT2D eigenvalue weighted by Crippen LogP contribution is -2.41. The van der Waals surface area contributed by atoms with Gasteiger partial charge < -0.3 is 24.6 Å². The predicted molar refractivity (Wildman–Crippen MR) is 88.4 cm³/mol. The van der Waals surface area contributed by atoms with E-state index in [9.17, 15) is 9.59 Å². The van der Waals surface area contributed by atoms with Crippen LogP contribution in [0.3, 0.4) is 0 Å². The van der Waals surface area contributed by atoms with Crippen LogP contribution in [-0.4, -0.2) is 29.8 Å². The van der Waals surface area contributed by atoms with E-state index >= 15 is 0 Å². The maximum absolute atomic E-state index is 12.0. The van der Waals surface area contributed by atoms with Gasteiger partial charge in [-0.2, -0.15) is 0 Å². The second kappa shape index (κ2) is 7.25. The third-order valence-corrected chi connectivity index (χ3v) is 3.73. The number of rotatable bonds is 6. The summed E-state index contributed by atoms with van der Waals surface area (Å²) in [5.41, 5.74) is 0.967. The van der Waals surface area contributed by atoms with Crippen LogP contribution in [-0.2, 0) is 16.0 Å². The Labute approximate surface area is 144 Å². The summed E-state index contributed by atoms with van der Waals surface area (Å²) in [6.45, 7) is 3.56. The molecule has 8 heteroatoms. The summed E-state index contributed by atoms with van der Waals surface area (Å²) in [5.74, 6) is 1.75. The first kappa shape index (κ1) is 16.8. The minimum Gasteiger partial charge on any atom is -0.454 e. The van der Waals surface area contributed by atoms with Crippen molar-refractivity contribution in [3.63, 3.8) is 0 Å². The number of fused-ring (bicyclic) bond motifs is 1. The molecule has 132 valence electrons. The lowest BCUT2D eigenvalue weighted by Gasteiger charge is -2.13. The van der Waals surface area contributed by atoms with Gasteiger partial charge >= 0.3 is 0 Å². The molecule has 8 nitrogen and oxygen atoms in total. The number of carbonyl (C=O) groups excluding carboxylic acids is 2. The van der Waals surface area contributed by atoms with Crippen molar-refractivity contribution in [1.29, 1.82) is 0 Å². The third kappa shape index (κ3) is 4.28. The van der Waals surface area contributed by atoms with Crippen molar-refractivity contribution in [1.82, 2.24) is 10.5 Å². The number of anilines is 1. The molecule has 1 aliphatic heterocycles. The molecule has 0 aliphatic carbocycles. The van der Waals surface area contributed by atoms with Gasteiger partial charge in [-0.05, 0) is 38.0 Å². The topological polar surface area (TPSA) is 103 Å². The van der Waals surface area contributed by atoms with E-state index in [1.165, 1.54) is 0 Å². The van der Waals surface area contributed by atoms with E-state index in [1.54, 1.807) is 19.9 Å². The van der Waals surface area contributed by atoms with Crippen LogP contribution in [0.1, 0.15) is 24.7 Å². The zero-order valence-corrected chi connectivity index (χ0v) is 14.0. The lowest BCUT2D eigenvalue weighted by molar-refractivity contribution is -0.126. The number of amides is 2. The number of aryl methyl sites for hydroxylation is 2. The summed E-state index contributed by atoms with van der Waals surface area (Å²) >= 11 is 0. The standard InChI is InChI=1S/C17H19N3O5/c1-10-7-15(20-25-10)19-17(22)11(2)18-16(21)6-4-12-3-5-13-14(8-12)24-9-23-13/h3,5,7-8,11H,4,6,9H2,1-2H3,(H,18,21)(H,19,20,22). The first-order valence-corrected chi connectivity index (χ1v) is 7.93. The SMILES string of the molecule is Cc1cc(NC(=O)C(C)NC(=O)CCc2ccc3c(c2)OCO3)no1. The number of hydrogen-bond acceptors (Lipinski definition) is 6. The molecule has 0 radical (unpaired) electrons. The van der Waals surface area contributed by atoms with Gasteiger partial charge in [0.1, 0.15) is 11.8 Å². The maximum Gasteiger partial charge on any atom is 0.247 e. The van der Waals surface area contributed by atoms with E-state index < -0.39 is 6.04 Å². The summed E-state index contributed by atoms with van der Waals surface area (Å²) in [6.07, 6.45) is 0.805. The molecule has 2 N–H and O–H groups in total. The molecule has 1 aromatic carbocycles. The van der Waals surface area contributed by atoms with Gasteiger partial charge in [0.25, 0.3) is 0 Å². The predicted octanol–water partition coefficient (Wildman–Crippen LogP) is 1.79. The maximum atomic E-state index is 12.0. The van der Waals surface area contributed by atoms with Crippen molar-refractivity contribution in [2.75, 3.05) is 12.1 Å². The number of carbonyl (C=O) groups is 2. The highest BCUT2D eigenvalue weighted by Crippen LogP contribution is 2.32. The molecular weight excluding hydrogens is 326 g/mol. The summed E-state index contributed by atoms with van der Waals surface area (Å²) in [4.78, 5) is 24.1. The second-order valence-electron chi connectivity index (χ2n) is 5.79. The molecule has 1 atom stereocenters. The Kier molecular flexibility index (Phi) is 4.87. The first-order valence-electron chi connectivity index (χ1n) is 7.93. The molecule has 0 saturated carbocycles. The highest BCUT2D eigenvalue weighted by Gasteiger charge is 2.18. The number of aromatic nitrogens is 1. The number of hydrogen-bond donors (Lipinski definition) is 2. The summed E-state index contributed by atoms with van der Waals surface area (Å²) in [5, 5.41) is 8.93. The summed E-state index contributed by atoms with van der Waals surface area (Å²) in [6, 6.07) is 6.50. The molecule has 0 bridgehead atoms. The number of nitrogens with zero attached hydrogens (tertiary/aromatic N) is 1. The zero-order valence-electron chi connectivity index (χ0n) is 14.0. The van der Waals surface area contributed by atoms with Crippen molar-refractivity contribution in [3.05, 3.63) is 35.6 Å². The molecular formula is C17H19N3O5. The van der Waals surface area contributed by atoms with Crippen LogP contribution in [0.4, 0.5) is 5.82 Å². The van der Waals surface area contributed by atoms with Crippen LogP contribution in [0.2, 0.25) is 0 Å². The normalized spacial score (nSPS) is 13.4. The van der Waals surface area contributed by atoms with Gasteiger partial charge in [0.05, 0.1) is 0 Å². The largest absolute Gasteiger partial charge is 0.454 e. The summed E-state index contributed by atoms with van der Waals surface area (Å²) < 4.78 is 15.4. The Bertz CT molecular complexity index is 786. The van der Waals surface area contributed by atoms with E-state index in [1.807, 2.05) is 18.2 Å². The molecule has 0 saturated heterocycles. The lowest BCUT2D eigenvalue weighted by atomic mass is 10.1. The van der Waals surface area contributed by atoms with E-state index in [0.717, 1.165) is 5.56 Å². The number of nitrogens with one attached hydrogen (secondary N) is 2. The molecule has 25 heavy (non-hydrogen) atoms. The van der Waals surface area contributed by atoms with Crippen LogP contribution in [0.5, 0.6) is 11.5 Å². The second-order valence-corrected chi connectivity index (χ2v) is 5.79. The van der Waals surface area contributed by atoms with Crippen LogP contribution in [0.15, 0.2) is 28.8 Å². The molecule has 0 fully saturated rings. The molecule has 0 spiro atoms. The molecule has 2 heterocycles. The molecule has 1 aliphatic rings. The molecule has 3 rings (SSSR count). The Morgan fingerprint density at radius 2 is 2.04 bits per heavy atom. The minimum atomic E-state index is -0.679. The van der Waals surface area contributed by atoms with Crippen molar-refractivity contribution in [2.45, 2.75) is 32.7 Å². The smallest absolute Gasteiger partial charge is 0.247 e. The third-order valence-electron chi connectivity index (χ3n) is 3.73. The zero-order chi connectivity index (χ0) is 17.8. The van der Waals surface area contributed by atoms with Gasteiger partial charge in [-0.25, -0.2) is 0 Å². The Morgan fingerprint density at radius 1 is 1.24 bits per heavy atom. The monoisotopic (exact) mass is 345 g/mol.